The highest BCUT2D eigenvalue weighted by Crippen LogP contribution is 2.32. The van der Waals surface area contributed by atoms with Crippen molar-refractivity contribution in [3.05, 3.63) is 42.1 Å². The van der Waals surface area contributed by atoms with Crippen LogP contribution in [0.15, 0.2) is 36.5 Å². The third kappa shape index (κ3) is 4.98. The highest BCUT2D eigenvalue weighted by molar-refractivity contribution is 5.75. The minimum absolute atomic E-state index is 0.148. The van der Waals surface area contributed by atoms with Gasteiger partial charge in [-0.1, -0.05) is 6.07 Å². The summed E-state index contributed by atoms with van der Waals surface area (Å²) in [5.74, 6) is 0.744. The van der Waals surface area contributed by atoms with Crippen LogP contribution in [-0.2, 0) is 16.1 Å². The number of nitrogens with zero attached hydrogens (tertiary/aromatic N) is 3. The van der Waals surface area contributed by atoms with Crippen LogP contribution in [0, 0.1) is 0 Å². The highest BCUT2D eigenvalue weighted by atomic mass is 16.5. The maximum Gasteiger partial charge on any atom is 0.255 e. The maximum atomic E-state index is 11.3. The summed E-state index contributed by atoms with van der Waals surface area (Å²) in [7, 11) is 1.61. The molecular formula is C23H30N4O4. The molecule has 1 aromatic carbocycles. The summed E-state index contributed by atoms with van der Waals surface area (Å²) in [5, 5.41) is 0. The largest absolute Gasteiger partial charge is 0.483 e. The van der Waals surface area contributed by atoms with Crippen LogP contribution >= 0.6 is 0 Å². The van der Waals surface area contributed by atoms with Gasteiger partial charge in [0.15, 0.2) is 6.61 Å². The van der Waals surface area contributed by atoms with Crippen molar-refractivity contribution in [2.45, 2.75) is 25.6 Å². The van der Waals surface area contributed by atoms with Crippen LogP contribution in [0.1, 0.15) is 12.5 Å². The van der Waals surface area contributed by atoms with E-state index in [-0.39, 0.29) is 6.61 Å². The van der Waals surface area contributed by atoms with Crippen molar-refractivity contribution in [2.24, 2.45) is 5.73 Å². The van der Waals surface area contributed by atoms with E-state index in [0.29, 0.717) is 30.3 Å². The number of carbonyl (C=O) groups excluding carboxylic acids is 1. The van der Waals surface area contributed by atoms with E-state index in [1.807, 2.05) is 24.3 Å². The van der Waals surface area contributed by atoms with Crippen molar-refractivity contribution in [3.8, 4) is 22.8 Å². The summed E-state index contributed by atoms with van der Waals surface area (Å²) in [6.45, 7) is 7.27. The van der Waals surface area contributed by atoms with Crippen LogP contribution in [0.5, 0.6) is 11.6 Å². The SMILES string of the molecule is COc1ncccc1-c1ccc(OCC(N)=O)c(CN2CCN3[C@@H](COC[C@@H]3C)C2)c1. The zero-order valence-corrected chi connectivity index (χ0v) is 18.1. The normalized spacial score (nSPS) is 22.0. The molecule has 2 atom stereocenters. The number of aromatic nitrogens is 1. The number of rotatable bonds is 7. The number of methoxy groups -OCH3 is 1. The predicted molar refractivity (Wildman–Crippen MR) is 117 cm³/mol. The number of morpholine rings is 1. The summed E-state index contributed by atoms with van der Waals surface area (Å²) < 4.78 is 16.9. The van der Waals surface area contributed by atoms with Gasteiger partial charge in [-0.25, -0.2) is 4.98 Å². The summed E-state index contributed by atoms with van der Waals surface area (Å²) in [4.78, 5) is 20.5. The summed E-state index contributed by atoms with van der Waals surface area (Å²) in [6.07, 6.45) is 1.71. The van der Waals surface area contributed by atoms with E-state index in [0.717, 1.165) is 49.5 Å². The molecule has 2 aromatic rings. The monoisotopic (exact) mass is 426 g/mol. The summed E-state index contributed by atoms with van der Waals surface area (Å²) >= 11 is 0. The maximum absolute atomic E-state index is 11.3. The summed E-state index contributed by atoms with van der Waals surface area (Å²) in [5.41, 5.74) is 8.20. The van der Waals surface area contributed by atoms with Gasteiger partial charge in [-0.3, -0.25) is 14.6 Å². The molecule has 8 heteroatoms. The first-order valence-electron chi connectivity index (χ1n) is 10.6. The second-order valence-electron chi connectivity index (χ2n) is 8.15. The van der Waals surface area contributed by atoms with Crippen LogP contribution in [0.3, 0.4) is 0 Å². The minimum Gasteiger partial charge on any atom is -0.483 e. The Kier molecular flexibility index (Phi) is 6.70. The zero-order valence-electron chi connectivity index (χ0n) is 18.1. The van der Waals surface area contributed by atoms with E-state index in [9.17, 15) is 4.79 Å². The lowest BCUT2D eigenvalue weighted by Crippen LogP contribution is -2.60. The Bertz CT molecular complexity index is 922. The third-order valence-electron chi connectivity index (χ3n) is 5.95. The number of piperazine rings is 1. The number of benzene rings is 1. The number of hydrogen-bond donors (Lipinski definition) is 1. The molecule has 0 bridgehead atoms. The molecule has 1 amide bonds. The zero-order chi connectivity index (χ0) is 21.8. The molecule has 2 aliphatic rings. The Morgan fingerprint density at radius 1 is 1.29 bits per heavy atom. The Labute approximate surface area is 182 Å². The number of primary amides is 1. The molecule has 166 valence electrons. The number of nitrogens with two attached hydrogens (primary N) is 1. The van der Waals surface area contributed by atoms with Crippen molar-refractivity contribution in [1.82, 2.24) is 14.8 Å². The van der Waals surface area contributed by atoms with Crippen LogP contribution in [0.2, 0.25) is 0 Å². The van der Waals surface area contributed by atoms with Gasteiger partial charge in [0.2, 0.25) is 5.88 Å². The van der Waals surface area contributed by atoms with E-state index in [2.05, 4.69) is 27.8 Å². The van der Waals surface area contributed by atoms with Gasteiger partial charge in [0, 0.05) is 55.6 Å². The fraction of sp³-hybridized carbons (Fsp3) is 0.478. The molecular weight excluding hydrogens is 396 g/mol. The van der Waals surface area contributed by atoms with Gasteiger partial charge in [0.25, 0.3) is 5.91 Å². The Hall–Kier alpha value is -2.68. The van der Waals surface area contributed by atoms with Crippen LogP contribution in [-0.4, -0.2) is 79.3 Å². The first kappa shape index (κ1) is 21.5. The molecule has 0 spiro atoms. The minimum atomic E-state index is -0.495. The van der Waals surface area contributed by atoms with Gasteiger partial charge in [-0.2, -0.15) is 0 Å². The third-order valence-corrected chi connectivity index (χ3v) is 5.95. The lowest BCUT2D eigenvalue weighted by molar-refractivity contribution is -0.119. The van der Waals surface area contributed by atoms with Gasteiger partial charge in [0.05, 0.1) is 20.3 Å². The molecule has 1 aromatic heterocycles. The number of carbonyl (C=O) groups is 1. The lowest BCUT2D eigenvalue weighted by Gasteiger charge is -2.47. The van der Waals surface area contributed by atoms with Crippen molar-refractivity contribution < 1.29 is 19.0 Å². The van der Waals surface area contributed by atoms with E-state index in [1.165, 1.54) is 0 Å². The topological polar surface area (TPSA) is 90.1 Å². The Balaban J connectivity index is 1.58. The van der Waals surface area contributed by atoms with Crippen molar-refractivity contribution >= 4 is 5.91 Å². The molecule has 0 radical (unpaired) electrons. The molecule has 0 aliphatic carbocycles. The Morgan fingerprint density at radius 2 is 2.16 bits per heavy atom. The Morgan fingerprint density at radius 3 is 2.97 bits per heavy atom. The van der Waals surface area contributed by atoms with E-state index >= 15 is 0 Å². The number of amides is 1. The molecule has 0 saturated carbocycles. The quantitative estimate of drug-likeness (QED) is 0.718. The van der Waals surface area contributed by atoms with Gasteiger partial charge >= 0.3 is 0 Å². The number of pyridine rings is 1. The molecule has 2 N–H and O–H groups in total. The molecule has 3 heterocycles. The van der Waals surface area contributed by atoms with Crippen LogP contribution < -0.4 is 15.2 Å². The molecule has 8 nitrogen and oxygen atoms in total. The molecule has 2 saturated heterocycles. The fourth-order valence-corrected chi connectivity index (χ4v) is 4.45. The second-order valence-corrected chi connectivity index (χ2v) is 8.15. The van der Waals surface area contributed by atoms with Crippen molar-refractivity contribution in [2.75, 3.05) is 46.6 Å². The smallest absolute Gasteiger partial charge is 0.255 e. The first-order chi connectivity index (χ1) is 15.0. The van der Waals surface area contributed by atoms with Crippen molar-refractivity contribution in [3.63, 3.8) is 0 Å². The van der Waals surface area contributed by atoms with Crippen molar-refractivity contribution in [1.29, 1.82) is 0 Å². The molecule has 2 fully saturated rings. The van der Waals surface area contributed by atoms with Gasteiger partial charge in [-0.15, -0.1) is 0 Å². The molecule has 0 unspecified atom stereocenters. The van der Waals surface area contributed by atoms with Gasteiger partial charge in [-0.05, 0) is 36.8 Å². The summed E-state index contributed by atoms with van der Waals surface area (Å²) in [6, 6.07) is 10.6. The lowest BCUT2D eigenvalue weighted by atomic mass is 10.0. The average molecular weight is 427 g/mol. The van der Waals surface area contributed by atoms with E-state index in [1.54, 1.807) is 13.3 Å². The number of fused-ring (bicyclic) bond motifs is 1. The second kappa shape index (κ2) is 9.64. The van der Waals surface area contributed by atoms with Crippen LogP contribution in [0.4, 0.5) is 0 Å². The fourth-order valence-electron chi connectivity index (χ4n) is 4.45. The van der Waals surface area contributed by atoms with Crippen LogP contribution in [0.25, 0.3) is 11.1 Å². The van der Waals surface area contributed by atoms with E-state index < -0.39 is 5.91 Å². The standard InChI is InChI=1S/C23H30N4O4/c1-16-13-30-14-19-12-26(8-9-27(16)19)11-18-10-17(5-6-21(18)31-15-22(24)28)20-4-3-7-25-23(20)29-2/h3-7,10,16,19H,8-9,11-15H2,1-2H3,(H2,24,28)/t16-,19+/m0/s1. The molecule has 2 aliphatic heterocycles. The number of ether oxygens (including phenoxy) is 3. The highest BCUT2D eigenvalue weighted by Gasteiger charge is 2.33. The first-order valence-corrected chi connectivity index (χ1v) is 10.6. The van der Waals surface area contributed by atoms with Gasteiger partial charge < -0.3 is 19.9 Å². The molecule has 4 rings (SSSR count). The average Bonchev–Trinajstić information content (AvgIpc) is 2.78. The molecule has 31 heavy (non-hydrogen) atoms. The predicted octanol–water partition coefficient (Wildman–Crippen LogP) is 1.53. The number of hydrogen-bond acceptors (Lipinski definition) is 7. The van der Waals surface area contributed by atoms with E-state index in [4.69, 9.17) is 19.9 Å². The van der Waals surface area contributed by atoms with Gasteiger partial charge in [0.1, 0.15) is 5.75 Å².